The van der Waals surface area contributed by atoms with Gasteiger partial charge in [-0.05, 0) is 12.1 Å². The van der Waals surface area contributed by atoms with Gasteiger partial charge in [-0.1, -0.05) is 0 Å². The molecule has 0 spiro atoms. The maximum absolute atomic E-state index is 11.2. The second kappa shape index (κ2) is 4.07. The van der Waals surface area contributed by atoms with Crippen LogP contribution in [-0.4, -0.2) is 46.4 Å². The number of β-amino-alcohol motifs (C(OH)–C–C–N with tert-alkyl or cyclic N) is 2. The van der Waals surface area contributed by atoms with Gasteiger partial charge in [0.15, 0.2) is 0 Å². The lowest BCUT2D eigenvalue weighted by atomic mass is 10.2. The van der Waals surface area contributed by atoms with Gasteiger partial charge >= 0.3 is 0 Å². The second-order valence-electron chi connectivity index (χ2n) is 3.78. The van der Waals surface area contributed by atoms with E-state index in [4.69, 9.17) is 5.73 Å². The standard InChI is InChI=1S/C10H13N3O3/c11-9(16)6-2-1-3-12-10(6)13-4-7(14)8(15)5-13/h1-3,7-8,14-15H,4-5H2,(H2,11,16). The van der Waals surface area contributed by atoms with E-state index >= 15 is 0 Å². The molecule has 1 saturated heterocycles. The molecule has 86 valence electrons. The SMILES string of the molecule is NC(=O)c1cccnc1N1CC(O)C(O)C1. The largest absolute Gasteiger partial charge is 0.389 e. The van der Waals surface area contributed by atoms with Crippen molar-refractivity contribution in [3.05, 3.63) is 23.9 Å². The third-order valence-corrected chi connectivity index (χ3v) is 2.61. The Morgan fingerprint density at radius 1 is 1.44 bits per heavy atom. The number of nitrogens with two attached hydrogens (primary N) is 1. The molecule has 6 nitrogen and oxygen atoms in total. The molecular weight excluding hydrogens is 210 g/mol. The Labute approximate surface area is 92.3 Å². The van der Waals surface area contributed by atoms with Crippen LogP contribution < -0.4 is 10.6 Å². The van der Waals surface area contributed by atoms with Crippen molar-refractivity contribution in [2.75, 3.05) is 18.0 Å². The normalized spacial score (nSPS) is 24.8. The number of pyridine rings is 1. The van der Waals surface area contributed by atoms with Crippen LogP contribution >= 0.6 is 0 Å². The summed E-state index contributed by atoms with van der Waals surface area (Å²) in [4.78, 5) is 16.9. The zero-order valence-electron chi connectivity index (χ0n) is 8.58. The van der Waals surface area contributed by atoms with Crippen molar-refractivity contribution in [2.45, 2.75) is 12.2 Å². The van der Waals surface area contributed by atoms with E-state index in [1.54, 1.807) is 23.2 Å². The van der Waals surface area contributed by atoms with Crippen LogP contribution in [0.1, 0.15) is 10.4 Å². The Balaban J connectivity index is 2.31. The molecule has 16 heavy (non-hydrogen) atoms. The summed E-state index contributed by atoms with van der Waals surface area (Å²) in [6.45, 7) is 0.497. The van der Waals surface area contributed by atoms with Crippen LogP contribution in [0.25, 0.3) is 0 Å². The average Bonchev–Trinajstić information content (AvgIpc) is 2.59. The van der Waals surface area contributed by atoms with Crippen molar-refractivity contribution in [2.24, 2.45) is 5.73 Å². The van der Waals surface area contributed by atoms with Gasteiger partial charge in [0, 0.05) is 19.3 Å². The third-order valence-electron chi connectivity index (χ3n) is 2.61. The molecule has 2 heterocycles. The van der Waals surface area contributed by atoms with Gasteiger partial charge in [-0.15, -0.1) is 0 Å². The van der Waals surface area contributed by atoms with E-state index in [9.17, 15) is 15.0 Å². The molecule has 1 aliphatic rings. The predicted molar refractivity (Wildman–Crippen MR) is 57.0 cm³/mol. The fraction of sp³-hybridized carbons (Fsp3) is 0.400. The van der Waals surface area contributed by atoms with E-state index in [1.807, 2.05) is 0 Å². The first-order chi connectivity index (χ1) is 7.59. The van der Waals surface area contributed by atoms with Crippen LogP contribution in [0, 0.1) is 0 Å². The topological polar surface area (TPSA) is 99.7 Å². The maximum Gasteiger partial charge on any atom is 0.252 e. The van der Waals surface area contributed by atoms with Gasteiger partial charge in [0.05, 0.1) is 17.8 Å². The number of hydrogen-bond acceptors (Lipinski definition) is 5. The third kappa shape index (κ3) is 1.84. The predicted octanol–water partition coefficient (Wildman–Crippen LogP) is -1.28. The monoisotopic (exact) mass is 223 g/mol. The number of primary amides is 1. The molecule has 1 fully saturated rings. The van der Waals surface area contributed by atoms with E-state index in [1.165, 1.54) is 0 Å². The molecule has 0 radical (unpaired) electrons. The summed E-state index contributed by atoms with van der Waals surface area (Å²) in [5, 5.41) is 18.8. The number of aliphatic hydroxyl groups is 2. The number of aliphatic hydroxyl groups excluding tert-OH is 2. The lowest BCUT2D eigenvalue weighted by molar-refractivity contribution is 0.0572. The first kappa shape index (κ1) is 10.8. The lowest BCUT2D eigenvalue weighted by Gasteiger charge is -2.18. The van der Waals surface area contributed by atoms with Gasteiger partial charge in [-0.3, -0.25) is 4.79 Å². The highest BCUT2D eigenvalue weighted by atomic mass is 16.3. The van der Waals surface area contributed by atoms with Gasteiger partial charge in [0.25, 0.3) is 5.91 Å². The van der Waals surface area contributed by atoms with Gasteiger partial charge in [-0.25, -0.2) is 4.98 Å². The molecule has 1 aliphatic heterocycles. The summed E-state index contributed by atoms with van der Waals surface area (Å²) < 4.78 is 0. The van der Waals surface area contributed by atoms with Crippen molar-refractivity contribution < 1.29 is 15.0 Å². The molecule has 0 aromatic carbocycles. The number of anilines is 1. The fourth-order valence-electron chi connectivity index (χ4n) is 1.78. The number of amides is 1. The minimum absolute atomic E-state index is 0.248. The Morgan fingerprint density at radius 3 is 2.62 bits per heavy atom. The van der Waals surface area contributed by atoms with Crippen molar-refractivity contribution >= 4 is 11.7 Å². The van der Waals surface area contributed by atoms with Crippen LogP contribution in [0.4, 0.5) is 5.82 Å². The Kier molecular flexibility index (Phi) is 2.76. The van der Waals surface area contributed by atoms with Crippen LogP contribution in [0.3, 0.4) is 0 Å². The molecule has 0 saturated carbocycles. The molecular formula is C10H13N3O3. The Bertz CT molecular complexity index is 400. The van der Waals surface area contributed by atoms with Crippen LogP contribution in [0.15, 0.2) is 18.3 Å². The molecule has 4 N–H and O–H groups in total. The van der Waals surface area contributed by atoms with Crippen LogP contribution in [0.2, 0.25) is 0 Å². The number of carbonyl (C=O) groups excluding carboxylic acids is 1. The summed E-state index contributed by atoms with van der Waals surface area (Å²) in [6.07, 6.45) is -0.0933. The molecule has 0 bridgehead atoms. The zero-order chi connectivity index (χ0) is 11.7. The van der Waals surface area contributed by atoms with Crippen molar-refractivity contribution in [3.63, 3.8) is 0 Å². The Morgan fingerprint density at radius 2 is 2.06 bits per heavy atom. The van der Waals surface area contributed by atoms with Crippen molar-refractivity contribution in [1.29, 1.82) is 0 Å². The van der Waals surface area contributed by atoms with Gasteiger partial charge in [0.1, 0.15) is 5.82 Å². The minimum Gasteiger partial charge on any atom is -0.389 e. The number of rotatable bonds is 2. The number of carbonyl (C=O) groups is 1. The van der Waals surface area contributed by atoms with Crippen LogP contribution in [-0.2, 0) is 0 Å². The molecule has 2 unspecified atom stereocenters. The minimum atomic E-state index is -0.817. The average molecular weight is 223 g/mol. The van der Waals surface area contributed by atoms with Gasteiger partial charge < -0.3 is 20.8 Å². The van der Waals surface area contributed by atoms with E-state index < -0.39 is 18.1 Å². The van der Waals surface area contributed by atoms with Gasteiger partial charge in [0.2, 0.25) is 0 Å². The number of nitrogens with zero attached hydrogens (tertiary/aromatic N) is 2. The molecule has 1 aromatic heterocycles. The first-order valence-electron chi connectivity index (χ1n) is 4.95. The zero-order valence-corrected chi connectivity index (χ0v) is 8.58. The number of hydrogen-bond donors (Lipinski definition) is 3. The van der Waals surface area contributed by atoms with E-state index in [-0.39, 0.29) is 13.1 Å². The highest BCUT2D eigenvalue weighted by molar-refractivity contribution is 5.97. The smallest absolute Gasteiger partial charge is 0.252 e. The highest BCUT2D eigenvalue weighted by Crippen LogP contribution is 2.21. The summed E-state index contributed by atoms with van der Waals surface area (Å²) in [5.41, 5.74) is 5.52. The second-order valence-corrected chi connectivity index (χ2v) is 3.78. The quantitative estimate of drug-likeness (QED) is 0.580. The Hall–Kier alpha value is -1.66. The van der Waals surface area contributed by atoms with Crippen molar-refractivity contribution in [1.82, 2.24) is 4.98 Å². The summed E-state index contributed by atoms with van der Waals surface area (Å²) in [6, 6.07) is 3.19. The maximum atomic E-state index is 11.2. The molecule has 0 aliphatic carbocycles. The summed E-state index contributed by atoms with van der Waals surface area (Å²) in [5.74, 6) is -0.162. The molecule has 6 heteroatoms. The number of aromatic nitrogens is 1. The highest BCUT2D eigenvalue weighted by Gasteiger charge is 2.31. The van der Waals surface area contributed by atoms with Crippen molar-refractivity contribution in [3.8, 4) is 0 Å². The van der Waals surface area contributed by atoms with E-state index in [2.05, 4.69) is 4.98 Å². The lowest BCUT2D eigenvalue weighted by Crippen LogP contribution is -2.26. The van der Waals surface area contributed by atoms with Gasteiger partial charge in [-0.2, -0.15) is 0 Å². The summed E-state index contributed by atoms with van der Waals surface area (Å²) in [7, 11) is 0. The first-order valence-corrected chi connectivity index (χ1v) is 4.95. The summed E-state index contributed by atoms with van der Waals surface area (Å²) >= 11 is 0. The molecule has 2 atom stereocenters. The van der Waals surface area contributed by atoms with Crippen LogP contribution in [0.5, 0.6) is 0 Å². The fourth-order valence-corrected chi connectivity index (χ4v) is 1.78. The van der Waals surface area contributed by atoms with E-state index in [0.717, 1.165) is 0 Å². The molecule has 1 aromatic rings. The van der Waals surface area contributed by atoms with E-state index in [0.29, 0.717) is 11.4 Å². The molecule has 1 amide bonds. The molecule has 2 rings (SSSR count).